The van der Waals surface area contributed by atoms with Crippen molar-refractivity contribution in [2.24, 2.45) is 0 Å². The molecule has 0 unspecified atom stereocenters. The number of rotatable bonds is 7. The maximum absolute atomic E-state index is 12.7. The fourth-order valence-electron chi connectivity index (χ4n) is 3.44. The van der Waals surface area contributed by atoms with Crippen LogP contribution in [0.4, 0.5) is 5.69 Å². The zero-order valence-electron chi connectivity index (χ0n) is 17.1. The fourth-order valence-corrected chi connectivity index (χ4v) is 4.96. The van der Waals surface area contributed by atoms with Crippen LogP contribution in [0.5, 0.6) is 0 Å². The molecule has 0 atom stereocenters. The molecule has 2 amide bonds. The first-order valence-electron chi connectivity index (χ1n) is 10.2. The number of nitrogens with zero attached hydrogens (tertiary/aromatic N) is 1. The van der Waals surface area contributed by atoms with Gasteiger partial charge in [-0.3, -0.25) is 9.59 Å². The Morgan fingerprint density at radius 1 is 0.967 bits per heavy atom. The van der Waals surface area contributed by atoms with Gasteiger partial charge in [-0.1, -0.05) is 31.5 Å². The molecule has 0 aliphatic carbocycles. The molecular weight excluding hydrogens is 402 g/mol. The van der Waals surface area contributed by atoms with Gasteiger partial charge in [0.1, 0.15) is 0 Å². The minimum Gasteiger partial charge on any atom is -0.343 e. The van der Waals surface area contributed by atoms with Gasteiger partial charge >= 0.3 is 0 Å². The number of amides is 2. The highest BCUT2D eigenvalue weighted by molar-refractivity contribution is 7.89. The lowest BCUT2D eigenvalue weighted by Gasteiger charge is -2.25. The van der Waals surface area contributed by atoms with Crippen molar-refractivity contribution in [3.63, 3.8) is 0 Å². The smallest absolute Gasteiger partial charge is 0.251 e. The summed E-state index contributed by atoms with van der Waals surface area (Å²) < 4.78 is 26.9. The van der Waals surface area contributed by atoms with E-state index in [1.807, 2.05) is 31.2 Å². The number of para-hydroxylation sites is 1. The molecule has 0 aromatic heterocycles. The summed E-state index contributed by atoms with van der Waals surface area (Å²) in [5.74, 6) is -0.760. The monoisotopic (exact) mass is 429 g/mol. The van der Waals surface area contributed by atoms with E-state index in [0.717, 1.165) is 36.9 Å². The maximum atomic E-state index is 12.7. The second-order valence-corrected chi connectivity index (χ2v) is 9.17. The Labute approximate surface area is 177 Å². The van der Waals surface area contributed by atoms with Gasteiger partial charge in [0.05, 0.1) is 11.4 Å². The molecular formula is C22H27N3O4S. The Morgan fingerprint density at radius 2 is 1.63 bits per heavy atom. The van der Waals surface area contributed by atoms with Gasteiger partial charge in [-0.2, -0.15) is 4.31 Å². The second-order valence-electron chi connectivity index (χ2n) is 7.23. The molecule has 30 heavy (non-hydrogen) atoms. The molecule has 1 aliphatic heterocycles. The fraction of sp³-hybridized carbons (Fsp3) is 0.364. The third kappa shape index (κ3) is 5.25. The van der Waals surface area contributed by atoms with Crippen molar-refractivity contribution in [2.45, 2.75) is 37.5 Å². The molecule has 7 nitrogen and oxygen atoms in total. The van der Waals surface area contributed by atoms with E-state index in [1.165, 1.54) is 28.6 Å². The van der Waals surface area contributed by atoms with Crippen LogP contribution in [0.2, 0.25) is 0 Å². The average molecular weight is 430 g/mol. The minimum absolute atomic E-state index is 0.176. The number of carbonyl (C=O) groups excluding carboxylic acids is 2. The van der Waals surface area contributed by atoms with Crippen LogP contribution < -0.4 is 10.6 Å². The van der Waals surface area contributed by atoms with Crippen LogP contribution in [0.3, 0.4) is 0 Å². The number of aryl methyl sites for hydroxylation is 1. The van der Waals surface area contributed by atoms with Crippen LogP contribution in [-0.4, -0.2) is 44.2 Å². The molecule has 2 N–H and O–H groups in total. The molecule has 2 aromatic carbocycles. The van der Waals surface area contributed by atoms with Gasteiger partial charge in [-0.15, -0.1) is 0 Å². The van der Waals surface area contributed by atoms with Crippen molar-refractivity contribution >= 4 is 27.5 Å². The van der Waals surface area contributed by atoms with Gasteiger partial charge in [-0.05, 0) is 55.2 Å². The summed E-state index contributed by atoms with van der Waals surface area (Å²) in [4.78, 5) is 24.7. The van der Waals surface area contributed by atoms with Crippen LogP contribution in [0.15, 0.2) is 53.4 Å². The maximum Gasteiger partial charge on any atom is 0.251 e. The summed E-state index contributed by atoms with van der Waals surface area (Å²) in [5.41, 5.74) is 2.04. The summed E-state index contributed by atoms with van der Waals surface area (Å²) >= 11 is 0. The third-order valence-corrected chi connectivity index (χ3v) is 7.06. The highest BCUT2D eigenvalue weighted by atomic mass is 32.2. The Morgan fingerprint density at radius 3 is 2.30 bits per heavy atom. The van der Waals surface area contributed by atoms with Crippen molar-refractivity contribution in [3.8, 4) is 0 Å². The lowest BCUT2D eigenvalue weighted by atomic mass is 10.1. The Hall–Kier alpha value is -2.71. The summed E-state index contributed by atoms with van der Waals surface area (Å²) in [6, 6.07) is 13.3. The zero-order valence-corrected chi connectivity index (χ0v) is 17.9. The summed E-state index contributed by atoms with van der Waals surface area (Å²) in [7, 11) is -3.53. The van der Waals surface area contributed by atoms with E-state index in [9.17, 15) is 18.0 Å². The van der Waals surface area contributed by atoms with E-state index in [1.54, 1.807) is 0 Å². The van der Waals surface area contributed by atoms with Gasteiger partial charge in [0, 0.05) is 24.3 Å². The van der Waals surface area contributed by atoms with Gasteiger partial charge < -0.3 is 10.6 Å². The second kappa shape index (κ2) is 9.86. The number of benzene rings is 2. The summed E-state index contributed by atoms with van der Waals surface area (Å²) in [6.45, 7) is 2.88. The molecule has 0 saturated carbocycles. The topological polar surface area (TPSA) is 95.6 Å². The summed E-state index contributed by atoms with van der Waals surface area (Å²) in [5, 5.41) is 5.36. The highest BCUT2D eigenvalue weighted by Gasteiger charge is 2.25. The Kier molecular flexibility index (Phi) is 7.23. The van der Waals surface area contributed by atoms with Crippen LogP contribution in [0.25, 0.3) is 0 Å². The highest BCUT2D eigenvalue weighted by Crippen LogP contribution is 2.21. The number of carbonyl (C=O) groups is 2. The average Bonchev–Trinajstić information content (AvgIpc) is 2.78. The van der Waals surface area contributed by atoms with Gasteiger partial charge in [0.25, 0.3) is 5.91 Å². The molecule has 160 valence electrons. The molecule has 3 rings (SSSR count). The minimum atomic E-state index is -3.53. The van der Waals surface area contributed by atoms with E-state index in [2.05, 4.69) is 10.6 Å². The van der Waals surface area contributed by atoms with E-state index in [0.29, 0.717) is 18.7 Å². The molecule has 1 heterocycles. The number of sulfonamides is 1. The first-order valence-corrected chi connectivity index (χ1v) is 11.6. The lowest BCUT2D eigenvalue weighted by Crippen LogP contribution is -2.35. The number of hydrogen-bond acceptors (Lipinski definition) is 4. The van der Waals surface area contributed by atoms with Crippen molar-refractivity contribution in [3.05, 3.63) is 59.7 Å². The van der Waals surface area contributed by atoms with Crippen molar-refractivity contribution in [1.82, 2.24) is 9.62 Å². The molecule has 0 radical (unpaired) electrons. The predicted octanol–water partition coefficient (Wildman–Crippen LogP) is 2.79. The van der Waals surface area contributed by atoms with E-state index in [4.69, 9.17) is 0 Å². The van der Waals surface area contributed by atoms with Gasteiger partial charge in [0.2, 0.25) is 15.9 Å². The molecule has 1 aliphatic rings. The van der Waals surface area contributed by atoms with Crippen LogP contribution in [0.1, 0.15) is 42.1 Å². The molecule has 0 bridgehead atoms. The van der Waals surface area contributed by atoms with Gasteiger partial charge in [0.15, 0.2) is 0 Å². The first kappa shape index (κ1) is 22.0. The van der Waals surface area contributed by atoms with Crippen molar-refractivity contribution in [2.75, 3.05) is 25.0 Å². The first-order chi connectivity index (χ1) is 14.4. The van der Waals surface area contributed by atoms with Crippen LogP contribution >= 0.6 is 0 Å². The van der Waals surface area contributed by atoms with E-state index >= 15 is 0 Å². The number of piperidine rings is 1. The quantitative estimate of drug-likeness (QED) is 0.707. The standard InChI is InChI=1S/C22H27N3O4S/c1-2-17-8-4-5-9-20(17)24-21(26)16-23-22(27)18-10-12-19(13-11-18)30(28,29)25-14-6-3-7-15-25/h4-5,8-13H,2-3,6-7,14-16H2,1H3,(H,23,27)(H,24,26). The molecule has 8 heteroatoms. The zero-order chi connectivity index (χ0) is 21.6. The third-order valence-electron chi connectivity index (χ3n) is 5.15. The largest absolute Gasteiger partial charge is 0.343 e. The van der Waals surface area contributed by atoms with Crippen molar-refractivity contribution < 1.29 is 18.0 Å². The predicted molar refractivity (Wildman–Crippen MR) is 116 cm³/mol. The van der Waals surface area contributed by atoms with Crippen molar-refractivity contribution in [1.29, 1.82) is 0 Å². The number of hydrogen-bond donors (Lipinski definition) is 2. The summed E-state index contributed by atoms with van der Waals surface area (Å²) in [6.07, 6.45) is 3.56. The van der Waals surface area contributed by atoms with Gasteiger partial charge in [-0.25, -0.2) is 8.42 Å². The number of nitrogens with one attached hydrogen (secondary N) is 2. The van der Waals surface area contributed by atoms with E-state index in [-0.39, 0.29) is 17.3 Å². The van der Waals surface area contributed by atoms with Crippen LogP contribution in [-0.2, 0) is 21.2 Å². The molecule has 1 fully saturated rings. The SMILES string of the molecule is CCc1ccccc1NC(=O)CNC(=O)c1ccc(S(=O)(=O)N2CCCCC2)cc1. The molecule has 0 spiro atoms. The number of anilines is 1. The molecule has 1 saturated heterocycles. The van der Waals surface area contributed by atoms with Crippen LogP contribution in [0, 0.1) is 0 Å². The normalized spacial score (nSPS) is 14.8. The Balaban J connectivity index is 1.57. The van der Waals surface area contributed by atoms with E-state index < -0.39 is 15.9 Å². The lowest BCUT2D eigenvalue weighted by molar-refractivity contribution is -0.115. The Bertz CT molecular complexity index is 997. The molecule has 2 aromatic rings.